The van der Waals surface area contributed by atoms with Crippen molar-refractivity contribution in [1.82, 2.24) is 0 Å². The summed E-state index contributed by atoms with van der Waals surface area (Å²) in [5, 5.41) is 11.4. The normalized spacial score (nSPS) is 10.4. The van der Waals surface area contributed by atoms with Crippen molar-refractivity contribution < 1.29 is 30.3 Å². The molecule has 0 bridgehead atoms. The van der Waals surface area contributed by atoms with Gasteiger partial charge in [0.05, 0.1) is 0 Å². The fraction of sp³-hybridized carbons (Fsp3) is 0.0526. The van der Waals surface area contributed by atoms with Crippen molar-refractivity contribution in [2.45, 2.75) is 6.42 Å². The number of hydrogen-bond donors (Lipinski definition) is 1. The average Bonchev–Trinajstić information content (AvgIpc) is 2.61. The van der Waals surface area contributed by atoms with E-state index in [1.807, 2.05) is 36.4 Å². The summed E-state index contributed by atoms with van der Waals surface area (Å²) in [5.41, 5.74) is 2.33. The van der Waals surface area contributed by atoms with Gasteiger partial charge < -0.3 is 5.11 Å². The Morgan fingerprint density at radius 1 is 0.840 bits per heavy atom. The van der Waals surface area contributed by atoms with E-state index in [0.29, 0.717) is 5.30 Å². The SMILES string of the molecule is Oc1ccc(Cc2ccccc2)cc1Pc1ccccc1F.[Cl][Zr][Cl]. The zero-order chi connectivity index (χ0) is 18.1. The van der Waals surface area contributed by atoms with Crippen LogP contribution in [0.4, 0.5) is 4.39 Å². The van der Waals surface area contributed by atoms with Crippen LogP contribution < -0.4 is 10.6 Å². The Hall–Kier alpha value is -0.717. The molecule has 128 valence electrons. The van der Waals surface area contributed by atoms with Crippen LogP contribution in [0.25, 0.3) is 0 Å². The van der Waals surface area contributed by atoms with Gasteiger partial charge in [0.15, 0.2) is 0 Å². The number of phenolic OH excluding ortho intramolecular Hbond substituents is 1. The van der Waals surface area contributed by atoms with Gasteiger partial charge in [-0.15, -0.1) is 0 Å². The third kappa shape index (κ3) is 6.83. The van der Waals surface area contributed by atoms with Crippen molar-refractivity contribution in [3.05, 3.63) is 89.7 Å². The summed E-state index contributed by atoms with van der Waals surface area (Å²) in [6.45, 7) is 0. The third-order valence-corrected chi connectivity index (χ3v) is 4.80. The van der Waals surface area contributed by atoms with E-state index >= 15 is 0 Å². The molecule has 0 amide bonds. The van der Waals surface area contributed by atoms with Crippen LogP contribution in [0.15, 0.2) is 72.8 Å². The van der Waals surface area contributed by atoms with Crippen LogP contribution in [0, 0.1) is 5.82 Å². The zero-order valence-electron chi connectivity index (χ0n) is 13.2. The van der Waals surface area contributed by atoms with Crippen LogP contribution in [-0.4, -0.2) is 5.11 Å². The maximum atomic E-state index is 13.8. The van der Waals surface area contributed by atoms with Crippen molar-refractivity contribution >= 4 is 36.2 Å². The average molecular weight is 472 g/mol. The minimum atomic E-state index is -0.826. The first-order valence-corrected chi connectivity index (χ1v) is 14.8. The van der Waals surface area contributed by atoms with E-state index in [-0.39, 0.29) is 20.1 Å². The van der Waals surface area contributed by atoms with Crippen molar-refractivity contribution in [1.29, 1.82) is 0 Å². The van der Waals surface area contributed by atoms with Crippen molar-refractivity contribution in [2.75, 3.05) is 0 Å². The zero-order valence-corrected chi connectivity index (χ0v) is 18.2. The van der Waals surface area contributed by atoms with E-state index in [2.05, 4.69) is 12.1 Å². The van der Waals surface area contributed by atoms with Crippen molar-refractivity contribution in [2.24, 2.45) is 0 Å². The molecule has 3 aromatic rings. The number of aromatic hydroxyl groups is 1. The molecule has 0 saturated carbocycles. The Balaban J connectivity index is 0.000000701. The minimum absolute atomic E-state index is 0.107. The van der Waals surface area contributed by atoms with E-state index < -0.39 is 20.8 Å². The molecule has 25 heavy (non-hydrogen) atoms. The number of halogens is 3. The van der Waals surface area contributed by atoms with Crippen LogP contribution in [0.1, 0.15) is 11.1 Å². The van der Waals surface area contributed by atoms with E-state index in [1.54, 1.807) is 18.2 Å². The Morgan fingerprint density at radius 2 is 1.48 bits per heavy atom. The van der Waals surface area contributed by atoms with Crippen LogP contribution >= 0.6 is 25.6 Å². The van der Waals surface area contributed by atoms with Gasteiger partial charge in [-0.3, -0.25) is 0 Å². The number of rotatable bonds is 4. The van der Waals surface area contributed by atoms with Crippen molar-refractivity contribution in [3.63, 3.8) is 0 Å². The summed E-state index contributed by atoms with van der Waals surface area (Å²) in [5.74, 6) is -0.00732. The van der Waals surface area contributed by atoms with Gasteiger partial charge in [-0.1, -0.05) is 63.2 Å². The molecular formula is C19H16Cl2FOPZr. The van der Waals surface area contributed by atoms with Gasteiger partial charge in [0.25, 0.3) is 0 Å². The van der Waals surface area contributed by atoms with E-state index in [0.717, 1.165) is 17.3 Å². The molecule has 3 rings (SSSR count). The molecule has 0 heterocycles. The van der Waals surface area contributed by atoms with Crippen LogP contribution in [0.2, 0.25) is 0 Å². The van der Waals surface area contributed by atoms with Gasteiger partial charge in [-0.05, 0) is 35.7 Å². The second-order valence-electron chi connectivity index (χ2n) is 5.19. The molecule has 0 aliphatic carbocycles. The number of hydrogen-bond acceptors (Lipinski definition) is 1. The van der Waals surface area contributed by atoms with Crippen LogP contribution in [0.5, 0.6) is 5.75 Å². The van der Waals surface area contributed by atoms with E-state index in [9.17, 15) is 9.50 Å². The van der Waals surface area contributed by atoms with Crippen LogP contribution in [0.3, 0.4) is 0 Å². The predicted octanol–water partition coefficient (Wildman–Crippen LogP) is 5.13. The summed E-state index contributed by atoms with van der Waals surface area (Å²) < 4.78 is 13.8. The summed E-state index contributed by atoms with van der Waals surface area (Å²) in [7, 11) is 9.97. The molecule has 1 unspecified atom stereocenters. The summed E-state index contributed by atoms with van der Waals surface area (Å²) in [6.07, 6.45) is 0.801. The fourth-order valence-corrected chi connectivity index (χ4v) is 3.47. The van der Waals surface area contributed by atoms with Gasteiger partial charge in [-0.2, -0.15) is 0 Å². The fourth-order valence-electron chi connectivity index (χ4n) is 2.33. The Bertz CT molecular complexity index is 802. The van der Waals surface area contributed by atoms with Crippen LogP contribution in [-0.2, 0) is 27.3 Å². The van der Waals surface area contributed by atoms with Crippen molar-refractivity contribution in [3.8, 4) is 5.75 Å². The van der Waals surface area contributed by atoms with E-state index in [1.165, 1.54) is 11.6 Å². The van der Waals surface area contributed by atoms with Gasteiger partial charge in [0, 0.05) is 10.6 Å². The molecule has 6 heteroatoms. The first-order chi connectivity index (χ1) is 12.1. The summed E-state index contributed by atoms with van der Waals surface area (Å²) in [4.78, 5) is 0. The molecule has 3 aromatic carbocycles. The molecule has 1 nitrogen and oxygen atoms in total. The summed E-state index contributed by atoms with van der Waals surface area (Å²) in [6, 6.07) is 22.4. The first-order valence-electron chi connectivity index (χ1n) is 7.47. The number of benzene rings is 3. The first kappa shape index (κ1) is 20.6. The molecule has 0 saturated heterocycles. The molecule has 0 spiro atoms. The summed E-state index contributed by atoms with van der Waals surface area (Å²) >= 11 is -0.826. The standard InChI is InChI=1S/C19H16FOP.2ClH.Zr/c20-16-8-4-5-9-18(16)22-19-13-15(10-11-17(19)21)12-14-6-2-1-3-7-14;;;/h1-11,13,21-22H,12H2;2*1H;/q;;;+2/p-2. The molecule has 1 N–H and O–H groups in total. The monoisotopic (exact) mass is 470 g/mol. The molecule has 0 fully saturated rings. The molecule has 0 aliphatic heterocycles. The van der Waals surface area contributed by atoms with Gasteiger partial charge in [0.2, 0.25) is 0 Å². The quantitative estimate of drug-likeness (QED) is 0.523. The van der Waals surface area contributed by atoms with Gasteiger partial charge in [-0.25, -0.2) is 4.39 Å². The number of phenols is 1. The molecular weight excluding hydrogens is 456 g/mol. The molecule has 1 atom stereocenters. The third-order valence-electron chi connectivity index (χ3n) is 3.46. The second-order valence-corrected chi connectivity index (χ2v) is 10.2. The van der Waals surface area contributed by atoms with Gasteiger partial charge in [0.1, 0.15) is 11.6 Å². The molecule has 0 aliphatic rings. The topological polar surface area (TPSA) is 20.2 Å². The Kier molecular flexibility index (Phi) is 9.14. The molecule has 0 radical (unpaired) electrons. The Labute approximate surface area is 167 Å². The maximum absolute atomic E-state index is 13.8. The second kappa shape index (κ2) is 11.1. The predicted molar refractivity (Wildman–Crippen MR) is 103 cm³/mol. The Morgan fingerprint density at radius 3 is 2.16 bits per heavy atom. The van der Waals surface area contributed by atoms with E-state index in [4.69, 9.17) is 17.0 Å². The molecule has 0 aromatic heterocycles. The van der Waals surface area contributed by atoms with Gasteiger partial charge >= 0.3 is 37.9 Å².